The maximum absolute atomic E-state index is 14.1. The molecule has 4 aromatic rings. The van der Waals surface area contributed by atoms with Crippen molar-refractivity contribution in [1.29, 1.82) is 0 Å². The third-order valence-corrected chi connectivity index (χ3v) is 6.12. The Hall–Kier alpha value is -3.64. The highest BCUT2D eigenvalue weighted by atomic mass is 35.5. The summed E-state index contributed by atoms with van der Waals surface area (Å²) in [6.45, 7) is 4.29. The first-order chi connectivity index (χ1) is 15.8. The Kier molecular flexibility index (Phi) is 6.20. The normalized spacial score (nSPS) is 11.0. The molecule has 0 fully saturated rings. The van der Waals surface area contributed by atoms with Gasteiger partial charge in [0.25, 0.3) is 5.91 Å². The van der Waals surface area contributed by atoms with Crippen molar-refractivity contribution >= 4 is 34.3 Å². The highest BCUT2D eigenvalue weighted by Gasteiger charge is 2.15. The van der Waals surface area contributed by atoms with E-state index >= 15 is 0 Å². The number of H-pyrrole nitrogens is 1. The number of carbonyl (C=O) groups excluding carboxylic acids is 2. The Bertz CT molecular complexity index is 1380. The largest absolute Gasteiger partial charge is 0.366 e. The number of hydrogen-bond donors (Lipinski definition) is 3. The molecule has 0 unspecified atom stereocenters. The third kappa shape index (κ3) is 4.47. The minimum Gasteiger partial charge on any atom is -0.366 e. The highest BCUT2D eigenvalue weighted by molar-refractivity contribution is 6.34. The Balaban J connectivity index is 1.44. The zero-order chi connectivity index (χ0) is 23.7. The smallest absolute Gasteiger partial charge is 0.251 e. The van der Waals surface area contributed by atoms with E-state index in [0.717, 1.165) is 33.3 Å². The summed E-state index contributed by atoms with van der Waals surface area (Å²) in [7, 11) is 0. The molecule has 1 heterocycles. The van der Waals surface area contributed by atoms with Crippen molar-refractivity contribution < 1.29 is 14.0 Å². The van der Waals surface area contributed by atoms with Gasteiger partial charge in [-0.05, 0) is 72.9 Å². The van der Waals surface area contributed by atoms with Crippen molar-refractivity contribution in [2.24, 2.45) is 5.73 Å². The van der Waals surface area contributed by atoms with E-state index in [1.807, 2.05) is 26.0 Å². The van der Waals surface area contributed by atoms with Crippen LogP contribution in [0.25, 0.3) is 22.0 Å². The Morgan fingerprint density at radius 2 is 1.73 bits per heavy atom. The first kappa shape index (κ1) is 22.6. The number of nitrogens with two attached hydrogens (primary N) is 1. The van der Waals surface area contributed by atoms with Gasteiger partial charge in [0.2, 0.25) is 5.91 Å². The summed E-state index contributed by atoms with van der Waals surface area (Å²) in [5, 5.41) is 4.10. The van der Waals surface area contributed by atoms with Gasteiger partial charge in [0, 0.05) is 23.2 Å². The van der Waals surface area contributed by atoms with E-state index in [1.54, 1.807) is 36.4 Å². The number of primary amides is 1. The molecule has 2 amide bonds. The molecule has 7 heteroatoms. The molecule has 0 saturated heterocycles. The SMILES string of the molecule is Cc1[nH]c2c(F)ccc(C)c2c1CCNC(=O)c1ccc(-c2ccc(C(N)=O)c(Cl)c2)cc1. The summed E-state index contributed by atoms with van der Waals surface area (Å²) in [5.41, 5.74) is 11.2. The molecule has 168 valence electrons. The summed E-state index contributed by atoms with van der Waals surface area (Å²) >= 11 is 6.13. The van der Waals surface area contributed by atoms with Gasteiger partial charge in [-0.1, -0.05) is 35.9 Å². The van der Waals surface area contributed by atoms with Crippen molar-refractivity contribution in [3.63, 3.8) is 0 Å². The number of aromatic nitrogens is 1. The molecule has 0 spiro atoms. The van der Waals surface area contributed by atoms with Gasteiger partial charge in [-0.15, -0.1) is 0 Å². The van der Waals surface area contributed by atoms with Crippen LogP contribution in [0.5, 0.6) is 0 Å². The van der Waals surface area contributed by atoms with Gasteiger partial charge in [0.1, 0.15) is 5.82 Å². The quantitative estimate of drug-likeness (QED) is 0.361. The van der Waals surface area contributed by atoms with Crippen LogP contribution in [-0.2, 0) is 6.42 Å². The number of halogens is 2. The predicted molar refractivity (Wildman–Crippen MR) is 129 cm³/mol. The summed E-state index contributed by atoms with van der Waals surface area (Å²) in [5.74, 6) is -1.05. The van der Waals surface area contributed by atoms with Gasteiger partial charge in [-0.3, -0.25) is 9.59 Å². The van der Waals surface area contributed by atoms with Gasteiger partial charge in [-0.25, -0.2) is 4.39 Å². The first-order valence-electron chi connectivity index (χ1n) is 10.5. The molecule has 0 saturated carbocycles. The first-order valence-corrected chi connectivity index (χ1v) is 10.9. The molecular weight excluding hydrogens is 441 g/mol. The van der Waals surface area contributed by atoms with Crippen molar-refractivity contribution in [3.05, 3.63) is 93.4 Å². The van der Waals surface area contributed by atoms with Crippen molar-refractivity contribution in [2.45, 2.75) is 20.3 Å². The number of amides is 2. The average Bonchev–Trinajstić information content (AvgIpc) is 3.13. The molecule has 0 aliphatic heterocycles. The average molecular weight is 464 g/mol. The lowest BCUT2D eigenvalue weighted by molar-refractivity contribution is 0.0952. The fraction of sp³-hybridized carbons (Fsp3) is 0.154. The molecule has 1 aromatic heterocycles. The van der Waals surface area contributed by atoms with Crippen LogP contribution in [0.1, 0.15) is 37.5 Å². The van der Waals surface area contributed by atoms with E-state index in [1.165, 1.54) is 6.07 Å². The van der Waals surface area contributed by atoms with E-state index in [-0.39, 0.29) is 22.3 Å². The number of aromatic amines is 1. The van der Waals surface area contributed by atoms with Crippen LogP contribution in [0.15, 0.2) is 54.6 Å². The second kappa shape index (κ2) is 9.08. The van der Waals surface area contributed by atoms with Crippen molar-refractivity contribution in [1.82, 2.24) is 10.3 Å². The highest BCUT2D eigenvalue weighted by Crippen LogP contribution is 2.28. The molecule has 4 rings (SSSR count). The topological polar surface area (TPSA) is 88.0 Å². The Morgan fingerprint density at radius 1 is 1.03 bits per heavy atom. The third-order valence-electron chi connectivity index (χ3n) is 5.81. The fourth-order valence-corrected chi connectivity index (χ4v) is 4.34. The van der Waals surface area contributed by atoms with Gasteiger partial charge in [-0.2, -0.15) is 0 Å². The minimum atomic E-state index is -0.582. The molecule has 0 atom stereocenters. The molecule has 0 aliphatic rings. The maximum Gasteiger partial charge on any atom is 0.251 e. The summed E-state index contributed by atoms with van der Waals surface area (Å²) < 4.78 is 14.1. The molecule has 4 N–H and O–H groups in total. The molecule has 5 nitrogen and oxygen atoms in total. The number of carbonyl (C=O) groups is 2. The van der Waals surface area contributed by atoms with Crippen molar-refractivity contribution in [3.8, 4) is 11.1 Å². The summed E-state index contributed by atoms with van der Waals surface area (Å²) in [6.07, 6.45) is 0.588. The van der Waals surface area contributed by atoms with E-state index < -0.39 is 5.91 Å². The predicted octanol–water partition coefficient (Wildman–Crippen LogP) is 5.32. The maximum atomic E-state index is 14.1. The number of nitrogens with one attached hydrogen (secondary N) is 2. The lowest BCUT2D eigenvalue weighted by Gasteiger charge is -2.09. The van der Waals surface area contributed by atoms with Crippen LogP contribution >= 0.6 is 11.6 Å². The number of aryl methyl sites for hydroxylation is 2. The second-order valence-corrected chi connectivity index (χ2v) is 8.39. The van der Waals surface area contributed by atoms with E-state index in [9.17, 15) is 14.0 Å². The van der Waals surface area contributed by atoms with E-state index in [0.29, 0.717) is 24.0 Å². The standard InChI is InChI=1S/C26H23ClFN3O2/c1-14-3-10-22(28)24-23(14)19(15(2)31-24)11-12-30-26(33)17-6-4-16(5-7-17)18-8-9-20(25(29)32)21(27)13-18/h3-10,13,31H,11-12H2,1-2H3,(H2,29,32)(H,30,33). The van der Waals surface area contributed by atoms with Crippen molar-refractivity contribution in [2.75, 3.05) is 6.54 Å². The molecule has 0 radical (unpaired) electrons. The summed E-state index contributed by atoms with van der Waals surface area (Å²) in [6, 6.07) is 15.3. The van der Waals surface area contributed by atoms with Crippen LogP contribution in [0.3, 0.4) is 0 Å². The van der Waals surface area contributed by atoms with Gasteiger partial charge in [0.05, 0.1) is 16.1 Å². The monoisotopic (exact) mass is 463 g/mol. The molecule has 33 heavy (non-hydrogen) atoms. The second-order valence-electron chi connectivity index (χ2n) is 7.98. The van der Waals surface area contributed by atoms with Gasteiger partial charge in [0.15, 0.2) is 0 Å². The lowest BCUT2D eigenvalue weighted by atomic mass is 10.0. The number of benzene rings is 3. The van der Waals surface area contributed by atoms with Crippen LogP contribution in [-0.4, -0.2) is 23.3 Å². The lowest BCUT2D eigenvalue weighted by Crippen LogP contribution is -2.25. The molecule has 0 aliphatic carbocycles. The van der Waals surface area contributed by atoms with Gasteiger partial charge < -0.3 is 16.0 Å². The Labute approximate surface area is 195 Å². The number of hydrogen-bond acceptors (Lipinski definition) is 2. The minimum absolute atomic E-state index is 0.191. The van der Waals surface area contributed by atoms with Crippen LogP contribution in [0.2, 0.25) is 5.02 Å². The van der Waals surface area contributed by atoms with Crippen LogP contribution < -0.4 is 11.1 Å². The van der Waals surface area contributed by atoms with E-state index in [2.05, 4.69) is 10.3 Å². The fourth-order valence-electron chi connectivity index (χ4n) is 4.07. The molecular formula is C26H23ClFN3O2. The van der Waals surface area contributed by atoms with Gasteiger partial charge >= 0.3 is 0 Å². The van der Waals surface area contributed by atoms with Crippen LogP contribution in [0.4, 0.5) is 4.39 Å². The zero-order valence-electron chi connectivity index (χ0n) is 18.3. The number of rotatable bonds is 6. The van der Waals surface area contributed by atoms with Crippen LogP contribution in [0, 0.1) is 19.7 Å². The number of fused-ring (bicyclic) bond motifs is 1. The molecule has 0 bridgehead atoms. The Morgan fingerprint density at radius 3 is 2.39 bits per heavy atom. The zero-order valence-corrected chi connectivity index (χ0v) is 19.0. The summed E-state index contributed by atoms with van der Waals surface area (Å²) in [4.78, 5) is 27.1. The van der Waals surface area contributed by atoms with E-state index in [4.69, 9.17) is 17.3 Å². The molecule has 3 aromatic carbocycles.